The standard InChI is InChI=1S/C8H16N2O3/c1-8(2,7(12)13)5-10-6(11)4-9-3/h9H,4-5H2,1-3H3,(H,10,11)(H,12,13). The molecule has 0 unspecified atom stereocenters. The molecule has 3 N–H and O–H groups in total. The number of rotatable bonds is 5. The molecule has 0 rings (SSSR count). The molecule has 0 heterocycles. The Labute approximate surface area is 77.5 Å². The van der Waals surface area contributed by atoms with Crippen LogP contribution in [0.3, 0.4) is 0 Å². The second-order valence-electron chi connectivity index (χ2n) is 3.50. The van der Waals surface area contributed by atoms with E-state index in [9.17, 15) is 9.59 Å². The third-order valence-electron chi connectivity index (χ3n) is 1.64. The molecule has 5 nitrogen and oxygen atoms in total. The van der Waals surface area contributed by atoms with Gasteiger partial charge in [0.25, 0.3) is 0 Å². The highest BCUT2D eigenvalue weighted by molar-refractivity contribution is 5.79. The van der Waals surface area contributed by atoms with E-state index in [1.807, 2.05) is 0 Å². The van der Waals surface area contributed by atoms with Gasteiger partial charge in [0.2, 0.25) is 5.91 Å². The summed E-state index contributed by atoms with van der Waals surface area (Å²) in [5.41, 5.74) is -0.913. The third-order valence-corrected chi connectivity index (χ3v) is 1.64. The van der Waals surface area contributed by atoms with Gasteiger partial charge in [0, 0.05) is 6.54 Å². The molecule has 0 radical (unpaired) electrons. The maximum absolute atomic E-state index is 10.9. The first-order valence-electron chi connectivity index (χ1n) is 4.05. The van der Waals surface area contributed by atoms with Gasteiger partial charge in [-0.05, 0) is 20.9 Å². The van der Waals surface area contributed by atoms with Crippen molar-refractivity contribution in [3.8, 4) is 0 Å². The van der Waals surface area contributed by atoms with Gasteiger partial charge in [0.15, 0.2) is 0 Å². The van der Waals surface area contributed by atoms with E-state index in [1.54, 1.807) is 20.9 Å². The van der Waals surface area contributed by atoms with Crippen LogP contribution in [0.1, 0.15) is 13.8 Å². The molecule has 0 spiro atoms. The van der Waals surface area contributed by atoms with Gasteiger partial charge in [-0.15, -0.1) is 0 Å². The van der Waals surface area contributed by atoms with Gasteiger partial charge < -0.3 is 15.7 Å². The Bertz CT molecular complexity index is 202. The number of carbonyl (C=O) groups is 2. The summed E-state index contributed by atoms with van der Waals surface area (Å²) < 4.78 is 0. The zero-order chi connectivity index (χ0) is 10.5. The number of nitrogens with one attached hydrogen (secondary N) is 2. The van der Waals surface area contributed by atoms with Crippen molar-refractivity contribution >= 4 is 11.9 Å². The highest BCUT2D eigenvalue weighted by Gasteiger charge is 2.27. The van der Waals surface area contributed by atoms with E-state index in [4.69, 9.17) is 5.11 Å². The van der Waals surface area contributed by atoms with Crippen LogP contribution in [-0.2, 0) is 9.59 Å². The molecule has 0 aromatic rings. The van der Waals surface area contributed by atoms with E-state index in [2.05, 4.69) is 10.6 Å². The minimum Gasteiger partial charge on any atom is -0.481 e. The first-order valence-corrected chi connectivity index (χ1v) is 4.05. The van der Waals surface area contributed by atoms with Crippen LogP contribution >= 0.6 is 0 Å². The molecule has 0 atom stereocenters. The SMILES string of the molecule is CNCC(=O)NCC(C)(C)C(=O)O. The maximum Gasteiger partial charge on any atom is 0.310 e. The summed E-state index contributed by atoms with van der Waals surface area (Å²) in [6, 6.07) is 0. The molecular formula is C8H16N2O3. The Balaban J connectivity index is 3.88. The molecule has 76 valence electrons. The number of likely N-dealkylation sites (N-methyl/N-ethyl adjacent to an activating group) is 1. The first kappa shape index (κ1) is 11.9. The van der Waals surface area contributed by atoms with Crippen molar-refractivity contribution in [1.29, 1.82) is 0 Å². The molecule has 5 heteroatoms. The highest BCUT2D eigenvalue weighted by Crippen LogP contribution is 2.12. The highest BCUT2D eigenvalue weighted by atomic mass is 16.4. The fourth-order valence-corrected chi connectivity index (χ4v) is 0.618. The molecule has 0 fully saturated rings. The number of carboxylic acid groups (broad SMARTS) is 1. The molecule has 0 saturated carbocycles. The molecule has 13 heavy (non-hydrogen) atoms. The van der Waals surface area contributed by atoms with Crippen molar-refractivity contribution in [1.82, 2.24) is 10.6 Å². The van der Waals surface area contributed by atoms with E-state index in [1.165, 1.54) is 0 Å². The van der Waals surface area contributed by atoms with E-state index < -0.39 is 11.4 Å². The Morgan fingerprint density at radius 1 is 1.38 bits per heavy atom. The predicted molar refractivity (Wildman–Crippen MR) is 48.4 cm³/mol. The number of hydrogen-bond donors (Lipinski definition) is 3. The molecule has 0 aliphatic heterocycles. The molecular weight excluding hydrogens is 172 g/mol. The molecule has 0 aromatic heterocycles. The Kier molecular flexibility index (Phi) is 4.40. The topological polar surface area (TPSA) is 78.4 Å². The van der Waals surface area contributed by atoms with Crippen molar-refractivity contribution in [3.05, 3.63) is 0 Å². The number of carboxylic acids is 1. The lowest BCUT2D eigenvalue weighted by molar-refractivity contribution is -0.146. The maximum atomic E-state index is 10.9. The minimum absolute atomic E-state index is 0.142. The summed E-state index contributed by atoms with van der Waals surface area (Å²) in [7, 11) is 1.65. The monoisotopic (exact) mass is 188 g/mol. The summed E-state index contributed by atoms with van der Waals surface area (Å²) in [6.07, 6.45) is 0. The van der Waals surface area contributed by atoms with Gasteiger partial charge in [-0.25, -0.2) is 0 Å². The number of carbonyl (C=O) groups excluding carboxylic acids is 1. The van der Waals surface area contributed by atoms with Gasteiger partial charge in [-0.2, -0.15) is 0 Å². The molecule has 0 saturated heterocycles. The largest absolute Gasteiger partial charge is 0.481 e. The average molecular weight is 188 g/mol. The Morgan fingerprint density at radius 3 is 2.31 bits per heavy atom. The summed E-state index contributed by atoms with van der Waals surface area (Å²) in [5, 5.41) is 13.9. The van der Waals surface area contributed by atoms with Crippen molar-refractivity contribution in [2.24, 2.45) is 5.41 Å². The number of hydrogen-bond acceptors (Lipinski definition) is 3. The average Bonchev–Trinajstić information content (AvgIpc) is 2.01. The van der Waals surface area contributed by atoms with Crippen molar-refractivity contribution < 1.29 is 14.7 Å². The van der Waals surface area contributed by atoms with E-state index >= 15 is 0 Å². The Hall–Kier alpha value is -1.10. The van der Waals surface area contributed by atoms with E-state index in [0.717, 1.165) is 0 Å². The lowest BCUT2D eigenvalue weighted by Gasteiger charge is -2.19. The van der Waals surface area contributed by atoms with Gasteiger partial charge in [0.05, 0.1) is 12.0 Å². The number of aliphatic carboxylic acids is 1. The van der Waals surface area contributed by atoms with Crippen LogP contribution in [-0.4, -0.2) is 37.1 Å². The van der Waals surface area contributed by atoms with Crippen molar-refractivity contribution in [2.75, 3.05) is 20.1 Å². The number of amides is 1. The lowest BCUT2D eigenvalue weighted by Crippen LogP contribution is -2.41. The fourth-order valence-electron chi connectivity index (χ4n) is 0.618. The van der Waals surface area contributed by atoms with Crippen molar-refractivity contribution in [2.45, 2.75) is 13.8 Å². The summed E-state index contributed by atoms with van der Waals surface area (Å²) in [5.74, 6) is -1.12. The summed E-state index contributed by atoms with van der Waals surface area (Å²) >= 11 is 0. The second kappa shape index (κ2) is 4.81. The van der Waals surface area contributed by atoms with Crippen LogP contribution in [0.4, 0.5) is 0 Å². The molecule has 0 aliphatic carbocycles. The van der Waals surface area contributed by atoms with Crippen molar-refractivity contribution in [3.63, 3.8) is 0 Å². The molecule has 0 aliphatic rings. The molecule has 0 aromatic carbocycles. The quantitative estimate of drug-likeness (QED) is 0.540. The molecule has 0 bridgehead atoms. The van der Waals surface area contributed by atoms with E-state index in [0.29, 0.717) is 0 Å². The van der Waals surface area contributed by atoms with Gasteiger partial charge in [-0.1, -0.05) is 0 Å². The van der Waals surface area contributed by atoms with E-state index in [-0.39, 0.29) is 19.0 Å². The normalized spacial score (nSPS) is 11.0. The summed E-state index contributed by atoms with van der Waals surface area (Å²) in [6.45, 7) is 3.47. The predicted octanol–water partition coefficient (Wildman–Crippen LogP) is -0.567. The molecule has 1 amide bonds. The van der Waals surface area contributed by atoms with Crippen LogP contribution in [0.15, 0.2) is 0 Å². The zero-order valence-electron chi connectivity index (χ0n) is 8.18. The smallest absolute Gasteiger partial charge is 0.310 e. The third kappa shape index (κ3) is 4.47. The van der Waals surface area contributed by atoms with Gasteiger partial charge in [-0.3, -0.25) is 9.59 Å². The fraction of sp³-hybridized carbons (Fsp3) is 0.750. The van der Waals surface area contributed by atoms with Gasteiger partial charge in [0.1, 0.15) is 0 Å². The zero-order valence-corrected chi connectivity index (χ0v) is 8.18. The minimum atomic E-state index is -0.919. The summed E-state index contributed by atoms with van der Waals surface area (Å²) in [4.78, 5) is 21.6. The van der Waals surface area contributed by atoms with Crippen LogP contribution < -0.4 is 10.6 Å². The van der Waals surface area contributed by atoms with Crippen LogP contribution in [0.5, 0.6) is 0 Å². The first-order chi connectivity index (χ1) is 5.90. The van der Waals surface area contributed by atoms with Crippen LogP contribution in [0, 0.1) is 5.41 Å². The Morgan fingerprint density at radius 2 is 1.92 bits per heavy atom. The van der Waals surface area contributed by atoms with Crippen LogP contribution in [0.25, 0.3) is 0 Å². The van der Waals surface area contributed by atoms with Crippen LogP contribution in [0.2, 0.25) is 0 Å². The van der Waals surface area contributed by atoms with Gasteiger partial charge >= 0.3 is 5.97 Å². The second-order valence-corrected chi connectivity index (χ2v) is 3.50. The lowest BCUT2D eigenvalue weighted by atomic mass is 9.94.